The van der Waals surface area contributed by atoms with Gasteiger partial charge in [0.25, 0.3) is 5.91 Å². The third-order valence-electron chi connectivity index (χ3n) is 3.08. The predicted octanol–water partition coefficient (Wildman–Crippen LogP) is 1.76. The first kappa shape index (κ1) is 14.6. The topological polar surface area (TPSA) is 70.5 Å². The van der Waals surface area contributed by atoms with Crippen molar-refractivity contribution in [1.82, 2.24) is 9.88 Å². The molecule has 6 heteroatoms. The minimum Gasteiger partial charge on any atom is -0.478 e. The van der Waals surface area contributed by atoms with Gasteiger partial charge in [-0.15, -0.1) is 0 Å². The van der Waals surface area contributed by atoms with Crippen LogP contribution in [0.4, 0.5) is 0 Å². The lowest BCUT2D eigenvalue weighted by molar-refractivity contribution is -0.131. The predicted molar refractivity (Wildman–Crippen MR) is 78.7 cm³/mol. The molecule has 1 fully saturated rings. The Morgan fingerprint density at radius 2 is 2.35 bits per heavy atom. The van der Waals surface area contributed by atoms with Crippen LogP contribution in [0.2, 0.25) is 0 Å². The summed E-state index contributed by atoms with van der Waals surface area (Å²) in [7, 11) is 0. The van der Waals surface area contributed by atoms with Gasteiger partial charge in [-0.2, -0.15) is 11.8 Å². The van der Waals surface area contributed by atoms with Crippen molar-refractivity contribution < 1.29 is 14.7 Å². The fourth-order valence-electron chi connectivity index (χ4n) is 2.06. The number of hydrogen-bond donors (Lipinski definition) is 1. The summed E-state index contributed by atoms with van der Waals surface area (Å²) in [5.41, 5.74) is 0.842. The Balaban J connectivity index is 2.27. The summed E-state index contributed by atoms with van der Waals surface area (Å²) < 4.78 is 0. The van der Waals surface area contributed by atoms with Gasteiger partial charge in [0.15, 0.2) is 0 Å². The van der Waals surface area contributed by atoms with Crippen LogP contribution >= 0.6 is 11.8 Å². The lowest BCUT2D eigenvalue weighted by atomic mass is 10.1. The quantitative estimate of drug-likeness (QED) is 0.860. The van der Waals surface area contributed by atoms with E-state index in [1.165, 1.54) is 6.08 Å². The lowest BCUT2D eigenvalue weighted by Crippen LogP contribution is -2.44. The van der Waals surface area contributed by atoms with Crippen molar-refractivity contribution in [3.05, 3.63) is 35.7 Å². The van der Waals surface area contributed by atoms with E-state index < -0.39 is 5.97 Å². The normalized spacial score (nSPS) is 19.2. The Labute approximate surface area is 121 Å². The number of carboxylic acids is 1. The number of aromatic nitrogens is 1. The van der Waals surface area contributed by atoms with Gasteiger partial charge < -0.3 is 10.0 Å². The second-order valence-electron chi connectivity index (χ2n) is 4.54. The third-order valence-corrected chi connectivity index (χ3v) is 4.26. The van der Waals surface area contributed by atoms with Crippen molar-refractivity contribution in [3.63, 3.8) is 0 Å². The van der Waals surface area contributed by atoms with E-state index in [-0.39, 0.29) is 11.9 Å². The van der Waals surface area contributed by atoms with Crippen LogP contribution in [0, 0.1) is 0 Å². The first-order valence-electron chi connectivity index (χ1n) is 6.34. The summed E-state index contributed by atoms with van der Waals surface area (Å²) >= 11 is 1.83. The number of amides is 1. The molecular formula is C14H16N2O3S. The van der Waals surface area contributed by atoms with E-state index in [0.29, 0.717) is 17.8 Å². The smallest absolute Gasteiger partial charge is 0.328 e. The number of pyridine rings is 1. The molecule has 1 aliphatic heterocycles. The Bertz CT molecular complexity index is 545. The molecule has 0 radical (unpaired) electrons. The van der Waals surface area contributed by atoms with Gasteiger partial charge >= 0.3 is 5.97 Å². The van der Waals surface area contributed by atoms with Gasteiger partial charge in [-0.05, 0) is 19.1 Å². The SMILES string of the molecule is CC1CSCCN1C(=O)c1ncccc1/C=C/C(=O)O. The van der Waals surface area contributed by atoms with Crippen LogP contribution in [-0.4, -0.2) is 51.0 Å². The maximum atomic E-state index is 12.5. The summed E-state index contributed by atoms with van der Waals surface area (Å²) in [6.07, 6.45) is 3.98. The average molecular weight is 292 g/mol. The number of hydrogen-bond acceptors (Lipinski definition) is 4. The number of aliphatic carboxylic acids is 1. The zero-order valence-electron chi connectivity index (χ0n) is 11.2. The molecule has 2 heterocycles. The molecule has 106 valence electrons. The number of carbonyl (C=O) groups excluding carboxylic acids is 1. The minimum absolute atomic E-state index is 0.136. The van der Waals surface area contributed by atoms with E-state index >= 15 is 0 Å². The van der Waals surface area contributed by atoms with Gasteiger partial charge in [0.1, 0.15) is 5.69 Å². The highest BCUT2D eigenvalue weighted by Crippen LogP contribution is 2.19. The van der Waals surface area contributed by atoms with Crippen molar-refractivity contribution in [2.24, 2.45) is 0 Å². The number of carboxylic acid groups (broad SMARTS) is 1. The Morgan fingerprint density at radius 3 is 3.05 bits per heavy atom. The molecule has 1 amide bonds. The van der Waals surface area contributed by atoms with Crippen molar-refractivity contribution in [3.8, 4) is 0 Å². The Morgan fingerprint density at radius 1 is 1.55 bits per heavy atom. The van der Waals surface area contributed by atoms with Gasteiger partial charge in [0.05, 0.1) is 0 Å². The first-order valence-corrected chi connectivity index (χ1v) is 7.50. The van der Waals surface area contributed by atoms with Crippen molar-refractivity contribution in [2.75, 3.05) is 18.1 Å². The van der Waals surface area contributed by atoms with E-state index in [9.17, 15) is 9.59 Å². The summed E-state index contributed by atoms with van der Waals surface area (Å²) in [6.45, 7) is 2.71. The standard InChI is InChI=1S/C14H16N2O3S/c1-10-9-20-8-7-16(10)14(19)13-11(3-2-6-15-13)4-5-12(17)18/h2-6,10H,7-9H2,1H3,(H,17,18)/b5-4+. The van der Waals surface area contributed by atoms with Crippen molar-refractivity contribution in [1.29, 1.82) is 0 Å². The Hall–Kier alpha value is -1.82. The van der Waals surface area contributed by atoms with Crippen molar-refractivity contribution in [2.45, 2.75) is 13.0 Å². The first-order chi connectivity index (χ1) is 9.59. The number of carbonyl (C=O) groups is 2. The zero-order valence-corrected chi connectivity index (χ0v) is 12.0. The molecule has 1 aromatic rings. The molecule has 0 saturated carbocycles. The van der Waals surface area contributed by atoms with Gasteiger partial charge in [0.2, 0.25) is 0 Å². The lowest BCUT2D eigenvalue weighted by Gasteiger charge is -2.33. The average Bonchev–Trinajstić information content (AvgIpc) is 2.45. The molecule has 2 rings (SSSR count). The second-order valence-corrected chi connectivity index (χ2v) is 5.69. The van der Waals surface area contributed by atoms with Crippen molar-refractivity contribution >= 4 is 29.7 Å². The molecule has 1 unspecified atom stereocenters. The molecule has 1 aliphatic rings. The van der Waals surface area contributed by atoms with Crippen LogP contribution in [0.1, 0.15) is 23.0 Å². The molecule has 1 saturated heterocycles. The van der Waals surface area contributed by atoms with Crippen LogP contribution in [0.15, 0.2) is 24.4 Å². The van der Waals surface area contributed by atoms with Crippen LogP contribution < -0.4 is 0 Å². The fraction of sp³-hybridized carbons (Fsp3) is 0.357. The number of rotatable bonds is 3. The van der Waals surface area contributed by atoms with E-state index in [2.05, 4.69) is 4.98 Å². The largest absolute Gasteiger partial charge is 0.478 e. The van der Waals surface area contributed by atoms with E-state index in [4.69, 9.17) is 5.11 Å². The molecule has 1 atom stereocenters. The molecule has 1 N–H and O–H groups in total. The van der Waals surface area contributed by atoms with Gasteiger partial charge in [-0.25, -0.2) is 4.79 Å². The summed E-state index contributed by atoms with van der Waals surface area (Å²) in [4.78, 5) is 29.1. The van der Waals surface area contributed by atoms with Crippen LogP contribution in [-0.2, 0) is 4.79 Å². The maximum absolute atomic E-state index is 12.5. The molecule has 5 nitrogen and oxygen atoms in total. The van der Waals surface area contributed by atoms with E-state index in [1.807, 2.05) is 18.7 Å². The number of nitrogens with zero attached hydrogens (tertiary/aromatic N) is 2. The van der Waals surface area contributed by atoms with Gasteiger partial charge in [0, 0.05) is 41.9 Å². The highest BCUT2D eigenvalue weighted by Gasteiger charge is 2.26. The number of thioether (sulfide) groups is 1. The van der Waals surface area contributed by atoms with Crippen LogP contribution in [0.25, 0.3) is 6.08 Å². The highest BCUT2D eigenvalue weighted by molar-refractivity contribution is 7.99. The second kappa shape index (κ2) is 6.56. The third kappa shape index (κ3) is 3.39. The molecule has 0 spiro atoms. The van der Waals surface area contributed by atoms with Gasteiger partial charge in [-0.1, -0.05) is 6.07 Å². The summed E-state index contributed by atoms with van der Waals surface area (Å²) in [5.74, 6) is 0.653. The molecule has 0 bridgehead atoms. The molecule has 1 aromatic heterocycles. The fourth-order valence-corrected chi connectivity index (χ4v) is 3.07. The summed E-state index contributed by atoms with van der Waals surface area (Å²) in [5, 5.41) is 8.69. The molecular weight excluding hydrogens is 276 g/mol. The van der Waals surface area contributed by atoms with Crippen LogP contribution in [0.5, 0.6) is 0 Å². The highest BCUT2D eigenvalue weighted by atomic mass is 32.2. The maximum Gasteiger partial charge on any atom is 0.328 e. The molecule has 0 aromatic carbocycles. The zero-order chi connectivity index (χ0) is 14.5. The molecule has 20 heavy (non-hydrogen) atoms. The van der Waals surface area contributed by atoms with E-state index in [0.717, 1.165) is 17.6 Å². The Kier molecular flexibility index (Phi) is 4.79. The van der Waals surface area contributed by atoms with E-state index in [1.54, 1.807) is 23.2 Å². The summed E-state index contributed by atoms with van der Waals surface area (Å²) in [6, 6.07) is 3.55. The minimum atomic E-state index is -1.05. The van der Waals surface area contributed by atoms with Gasteiger partial charge in [-0.3, -0.25) is 9.78 Å². The molecule has 0 aliphatic carbocycles. The monoisotopic (exact) mass is 292 g/mol. The van der Waals surface area contributed by atoms with Crippen LogP contribution in [0.3, 0.4) is 0 Å².